The molecule has 1 heterocycles. The largest absolute Gasteiger partial charge is 0.443 e. The number of carbonyl (C=O) groups excluding carboxylic acids is 1. The van der Waals surface area contributed by atoms with Crippen LogP contribution in [-0.2, 0) is 4.74 Å². The first-order valence-corrected chi connectivity index (χ1v) is 7.35. The van der Waals surface area contributed by atoms with Crippen molar-refractivity contribution in [2.75, 3.05) is 6.54 Å². The van der Waals surface area contributed by atoms with Crippen LogP contribution in [0.15, 0.2) is 36.0 Å². The lowest BCUT2D eigenvalue weighted by molar-refractivity contribution is 0.0406. The molecule has 1 N–H and O–H groups in total. The second kappa shape index (κ2) is 7.27. The van der Waals surface area contributed by atoms with Gasteiger partial charge in [0.1, 0.15) is 12.1 Å². The maximum atomic E-state index is 11.8. The van der Waals surface area contributed by atoms with E-state index in [1.165, 1.54) is 5.01 Å². The highest BCUT2D eigenvalue weighted by Gasteiger charge is 2.17. The number of amides is 1. The molecule has 0 saturated heterocycles. The van der Waals surface area contributed by atoms with Crippen LogP contribution in [0.25, 0.3) is 0 Å². The monoisotopic (exact) mass is 319 g/mol. The van der Waals surface area contributed by atoms with Gasteiger partial charge in [0.15, 0.2) is 0 Å². The standard InChI is InChI=1S/C19H17N3O2/c1-19(2,3)24-18(23)21-22-11-5-8-16(14-22)10-9-15-6-4-7-17(12-15)13-20/h4,6-7,12,14H,11H2,1-3H3,(H,21,23). The van der Waals surface area contributed by atoms with Crippen LogP contribution < -0.4 is 5.43 Å². The lowest BCUT2D eigenvalue weighted by Gasteiger charge is -2.24. The minimum Gasteiger partial charge on any atom is -0.443 e. The fraction of sp³-hybridized carbons (Fsp3) is 0.263. The Bertz CT molecular complexity index is 834. The Morgan fingerprint density at radius 1 is 1.33 bits per heavy atom. The van der Waals surface area contributed by atoms with E-state index in [0.717, 1.165) is 5.56 Å². The van der Waals surface area contributed by atoms with Crippen molar-refractivity contribution in [3.8, 4) is 29.8 Å². The minimum absolute atomic E-state index is 0.355. The molecule has 0 aliphatic carbocycles. The van der Waals surface area contributed by atoms with E-state index in [4.69, 9.17) is 10.00 Å². The molecule has 0 aromatic heterocycles. The molecule has 0 saturated carbocycles. The van der Waals surface area contributed by atoms with Crippen LogP contribution in [-0.4, -0.2) is 23.2 Å². The van der Waals surface area contributed by atoms with Crippen molar-refractivity contribution >= 4 is 6.09 Å². The molecule has 5 heteroatoms. The number of rotatable bonds is 1. The van der Waals surface area contributed by atoms with Crippen LogP contribution >= 0.6 is 0 Å². The minimum atomic E-state index is -0.566. The second-order valence-corrected chi connectivity index (χ2v) is 6.03. The molecule has 24 heavy (non-hydrogen) atoms. The molecule has 1 aromatic carbocycles. The average Bonchev–Trinajstić information content (AvgIpc) is 2.51. The molecule has 0 radical (unpaired) electrons. The van der Waals surface area contributed by atoms with Gasteiger partial charge in [0.05, 0.1) is 17.2 Å². The molecule has 0 spiro atoms. The van der Waals surface area contributed by atoms with Crippen molar-refractivity contribution in [1.29, 1.82) is 5.26 Å². The molecule has 1 aromatic rings. The Morgan fingerprint density at radius 2 is 2.08 bits per heavy atom. The summed E-state index contributed by atoms with van der Waals surface area (Å²) in [5, 5.41) is 10.4. The molecule has 0 bridgehead atoms. The van der Waals surface area contributed by atoms with Gasteiger partial charge in [0, 0.05) is 11.8 Å². The first kappa shape index (κ1) is 17.0. The summed E-state index contributed by atoms with van der Waals surface area (Å²) in [5.41, 5.74) is 3.89. The molecular formula is C19H17N3O2. The molecule has 120 valence electrons. The summed E-state index contributed by atoms with van der Waals surface area (Å²) in [6.07, 6.45) is 1.11. The average molecular weight is 319 g/mol. The van der Waals surface area contributed by atoms with Crippen LogP contribution in [0.3, 0.4) is 0 Å². The van der Waals surface area contributed by atoms with E-state index in [1.54, 1.807) is 45.2 Å². The molecule has 1 aliphatic heterocycles. The fourth-order valence-electron chi connectivity index (χ4n) is 1.81. The summed E-state index contributed by atoms with van der Waals surface area (Å²) in [7, 11) is 0. The SMILES string of the molecule is CC(C)(C)OC(=O)NN1C=C(C#Cc2cccc(C#N)c2)C#CC1. The summed E-state index contributed by atoms with van der Waals surface area (Å²) in [4.78, 5) is 11.8. The first-order chi connectivity index (χ1) is 11.4. The molecule has 1 amide bonds. The third-order valence-corrected chi connectivity index (χ3v) is 2.72. The van der Waals surface area contributed by atoms with Crippen LogP contribution in [0.1, 0.15) is 31.9 Å². The number of carbonyl (C=O) groups is 1. The van der Waals surface area contributed by atoms with Gasteiger partial charge in [-0.2, -0.15) is 5.26 Å². The quantitative estimate of drug-likeness (QED) is 0.808. The number of hydrogen-bond acceptors (Lipinski definition) is 4. The van der Waals surface area contributed by atoms with Gasteiger partial charge >= 0.3 is 6.09 Å². The Kier molecular flexibility index (Phi) is 5.15. The molecule has 1 aliphatic rings. The molecule has 0 unspecified atom stereocenters. The highest BCUT2D eigenvalue weighted by atomic mass is 16.6. The van der Waals surface area contributed by atoms with E-state index in [-0.39, 0.29) is 0 Å². The third-order valence-electron chi connectivity index (χ3n) is 2.72. The van der Waals surface area contributed by atoms with Gasteiger partial charge in [-0.15, -0.1) is 0 Å². The maximum absolute atomic E-state index is 11.8. The second-order valence-electron chi connectivity index (χ2n) is 6.03. The highest BCUT2D eigenvalue weighted by Crippen LogP contribution is 2.08. The van der Waals surface area contributed by atoms with Crippen molar-refractivity contribution in [1.82, 2.24) is 10.4 Å². The number of benzene rings is 1. The zero-order valence-electron chi connectivity index (χ0n) is 13.8. The third kappa shape index (κ3) is 5.44. The van der Waals surface area contributed by atoms with E-state index in [0.29, 0.717) is 17.7 Å². The van der Waals surface area contributed by atoms with Crippen LogP contribution in [0, 0.1) is 35.0 Å². The van der Waals surface area contributed by atoms with Gasteiger partial charge in [-0.3, -0.25) is 5.01 Å². The summed E-state index contributed by atoms with van der Waals surface area (Å²) >= 11 is 0. The molecule has 0 fully saturated rings. The van der Waals surface area contributed by atoms with Gasteiger partial charge in [-0.1, -0.05) is 29.7 Å². The van der Waals surface area contributed by atoms with Crippen molar-refractivity contribution in [3.63, 3.8) is 0 Å². The van der Waals surface area contributed by atoms with Crippen LogP contribution in [0.2, 0.25) is 0 Å². The van der Waals surface area contributed by atoms with E-state index in [1.807, 2.05) is 6.07 Å². The topological polar surface area (TPSA) is 65.4 Å². The number of nitrogens with one attached hydrogen (secondary N) is 1. The summed E-state index contributed by atoms with van der Waals surface area (Å²) in [6.45, 7) is 5.74. The highest BCUT2D eigenvalue weighted by molar-refractivity contribution is 5.67. The van der Waals surface area contributed by atoms with E-state index >= 15 is 0 Å². The van der Waals surface area contributed by atoms with Gasteiger partial charge in [0.25, 0.3) is 0 Å². The van der Waals surface area contributed by atoms with Crippen molar-refractivity contribution in [3.05, 3.63) is 47.2 Å². The number of allylic oxidation sites excluding steroid dienone is 1. The Balaban J connectivity index is 2.06. The van der Waals surface area contributed by atoms with Crippen molar-refractivity contribution in [2.24, 2.45) is 0 Å². The summed E-state index contributed by atoms with van der Waals surface area (Å²) in [6, 6.07) is 9.10. The molecule has 2 rings (SSSR count). The number of nitriles is 1. The predicted octanol–water partition coefficient (Wildman–Crippen LogP) is 2.55. The lowest BCUT2D eigenvalue weighted by Crippen LogP contribution is -2.42. The van der Waals surface area contributed by atoms with Gasteiger partial charge in [-0.25, -0.2) is 10.2 Å². The zero-order chi connectivity index (χ0) is 17.6. The Morgan fingerprint density at radius 3 is 2.79 bits per heavy atom. The zero-order valence-corrected chi connectivity index (χ0v) is 13.8. The molecular weight excluding hydrogens is 302 g/mol. The first-order valence-electron chi connectivity index (χ1n) is 7.35. The summed E-state index contributed by atoms with van der Waals surface area (Å²) < 4.78 is 5.19. The molecule has 0 atom stereocenters. The van der Waals surface area contributed by atoms with Crippen molar-refractivity contribution in [2.45, 2.75) is 26.4 Å². The summed E-state index contributed by atoms with van der Waals surface area (Å²) in [5.74, 6) is 11.7. The van der Waals surface area contributed by atoms with E-state index in [9.17, 15) is 4.79 Å². The number of hydrogen-bond donors (Lipinski definition) is 1. The van der Waals surface area contributed by atoms with Crippen LogP contribution in [0.4, 0.5) is 4.79 Å². The maximum Gasteiger partial charge on any atom is 0.426 e. The predicted molar refractivity (Wildman–Crippen MR) is 90.0 cm³/mol. The molecule has 5 nitrogen and oxygen atoms in total. The lowest BCUT2D eigenvalue weighted by atomic mass is 10.1. The van der Waals surface area contributed by atoms with Gasteiger partial charge < -0.3 is 4.74 Å². The smallest absolute Gasteiger partial charge is 0.426 e. The van der Waals surface area contributed by atoms with Gasteiger partial charge in [0.2, 0.25) is 0 Å². The number of ether oxygens (including phenoxy) is 1. The Hall–Kier alpha value is -3.36. The van der Waals surface area contributed by atoms with E-state index in [2.05, 4.69) is 35.2 Å². The van der Waals surface area contributed by atoms with Gasteiger partial charge in [-0.05, 0) is 39.0 Å². The number of nitrogens with zero attached hydrogens (tertiary/aromatic N) is 2. The van der Waals surface area contributed by atoms with Crippen LogP contribution in [0.5, 0.6) is 0 Å². The Labute approximate surface area is 141 Å². The van der Waals surface area contributed by atoms with Crippen molar-refractivity contribution < 1.29 is 9.53 Å². The normalized spacial score (nSPS) is 12.6. The van der Waals surface area contributed by atoms with E-state index < -0.39 is 11.7 Å². The fourth-order valence-corrected chi connectivity index (χ4v) is 1.81. The number of hydrazine groups is 1.